The van der Waals surface area contributed by atoms with Gasteiger partial charge in [-0.3, -0.25) is 9.52 Å². The number of halogens is 1. The molecule has 0 heterocycles. The zero-order valence-corrected chi connectivity index (χ0v) is 16.5. The average Bonchev–Trinajstić information content (AvgIpc) is 2.60. The van der Waals surface area contributed by atoms with Gasteiger partial charge < -0.3 is 10.1 Å². The van der Waals surface area contributed by atoms with Gasteiger partial charge in [-0.2, -0.15) is 0 Å². The molecule has 27 heavy (non-hydrogen) atoms. The molecule has 2 aromatic carbocycles. The molecule has 0 radical (unpaired) electrons. The molecule has 0 unspecified atom stereocenters. The number of sulfonamides is 1. The predicted octanol–water partition coefficient (Wildman–Crippen LogP) is 2.74. The summed E-state index contributed by atoms with van der Waals surface area (Å²) in [5.74, 6) is -1.27. The maximum atomic E-state index is 12.7. The van der Waals surface area contributed by atoms with Crippen LogP contribution in [0.3, 0.4) is 0 Å². The molecule has 144 valence electrons. The van der Waals surface area contributed by atoms with Gasteiger partial charge in [-0.15, -0.1) is 0 Å². The number of ether oxygens (including phenoxy) is 1. The number of rotatable bonds is 6. The Morgan fingerprint density at radius 3 is 2.48 bits per heavy atom. The first kappa shape index (κ1) is 20.7. The Kier molecular flexibility index (Phi) is 6.45. The van der Waals surface area contributed by atoms with E-state index in [0.29, 0.717) is 16.3 Å². The monoisotopic (exact) mass is 410 g/mol. The molecule has 2 rings (SSSR count). The van der Waals surface area contributed by atoms with Crippen molar-refractivity contribution in [2.24, 2.45) is 0 Å². The Morgan fingerprint density at radius 2 is 1.85 bits per heavy atom. The summed E-state index contributed by atoms with van der Waals surface area (Å²) < 4.78 is 32.9. The summed E-state index contributed by atoms with van der Waals surface area (Å²) in [6.45, 7) is 3.03. The number of esters is 1. The molecule has 0 aliphatic heterocycles. The Morgan fingerprint density at radius 1 is 1.15 bits per heavy atom. The number of carbonyl (C=O) groups is 2. The van der Waals surface area contributed by atoms with Crippen molar-refractivity contribution in [1.82, 2.24) is 5.32 Å². The lowest BCUT2D eigenvalue weighted by Gasteiger charge is -2.14. The number of aryl methyl sites for hydroxylation is 1. The number of benzene rings is 2. The second-order valence-electron chi connectivity index (χ2n) is 5.76. The van der Waals surface area contributed by atoms with Crippen LogP contribution in [0, 0.1) is 6.92 Å². The molecule has 9 heteroatoms. The number of likely N-dealkylation sites (N-methyl/N-ethyl adjacent to an activating group) is 1. The Labute approximate surface area is 162 Å². The number of nitrogens with one attached hydrogen (secondary N) is 2. The molecule has 1 atom stereocenters. The number of hydrogen-bond donors (Lipinski definition) is 2. The fourth-order valence-corrected chi connectivity index (χ4v) is 3.78. The van der Waals surface area contributed by atoms with Crippen LogP contribution in [0.25, 0.3) is 0 Å². The van der Waals surface area contributed by atoms with Crippen LogP contribution in [0.2, 0.25) is 5.02 Å². The van der Waals surface area contributed by atoms with Crippen LogP contribution in [-0.4, -0.2) is 33.4 Å². The molecule has 0 fully saturated rings. The highest BCUT2D eigenvalue weighted by molar-refractivity contribution is 7.92. The molecule has 2 N–H and O–H groups in total. The zero-order valence-electron chi connectivity index (χ0n) is 14.9. The van der Waals surface area contributed by atoms with Gasteiger partial charge in [0.2, 0.25) is 0 Å². The zero-order chi connectivity index (χ0) is 20.2. The molecule has 0 saturated heterocycles. The number of hydrogen-bond acceptors (Lipinski definition) is 5. The highest BCUT2D eigenvalue weighted by Crippen LogP contribution is 2.23. The molecular weight excluding hydrogens is 392 g/mol. The van der Waals surface area contributed by atoms with Crippen LogP contribution >= 0.6 is 11.6 Å². The number of carbonyl (C=O) groups excluding carboxylic acids is 2. The lowest BCUT2D eigenvalue weighted by Crippen LogP contribution is -2.33. The topological polar surface area (TPSA) is 102 Å². The van der Waals surface area contributed by atoms with Crippen LogP contribution in [0.5, 0.6) is 0 Å². The van der Waals surface area contributed by atoms with Crippen molar-refractivity contribution in [1.29, 1.82) is 0 Å². The summed E-state index contributed by atoms with van der Waals surface area (Å²) in [6, 6.07) is 10.4. The minimum absolute atomic E-state index is 0.0165. The predicted molar refractivity (Wildman–Crippen MR) is 102 cm³/mol. The largest absolute Gasteiger partial charge is 0.449 e. The second-order valence-corrected chi connectivity index (χ2v) is 7.85. The van der Waals surface area contributed by atoms with E-state index in [0.717, 1.165) is 0 Å². The SMILES string of the molecule is CNC(=O)[C@@H](C)OC(=O)c1ccc(C)c(S(=O)(=O)Nc2cccc(Cl)c2)c1. The summed E-state index contributed by atoms with van der Waals surface area (Å²) in [5, 5.41) is 2.75. The first-order valence-corrected chi connectivity index (χ1v) is 9.82. The summed E-state index contributed by atoms with van der Waals surface area (Å²) in [5.41, 5.74) is 0.756. The third-order valence-corrected chi connectivity index (χ3v) is 5.45. The smallest absolute Gasteiger partial charge is 0.338 e. The van der Waals surface area contributed by atoms with E-state index < -0.39 is 28.0 Å². The van der Waals surface area contributed by atoms with E-state index in [4.69, 9.17) is 16.3 Å². The molecule has 2 aromatic rings. The standard InChI is InChI=1S/C18H19ClN2O5S/c1-11-7-8-13(18(23)26-12(2)17(22)20-3)9-16(11)27(24,25)21-15-6-4-5-14(19)10-15/h4-10,12,21H,1-3H3,(H,20,22)/t12-/m1/s1. The molecule has 1 amide bonds. The van der Waals surface area contributed by atoms with Crippen LogP contribution in [0.4, 0.5) is 5.69 Å². The van der Waals surface area contributed by atoms with Crippen molar-refractivity contribution in [3.63, 3.8) is 0 Å². The van der Waals surface area contributed by atoms with E-state index in [9.17, 15) is 18.0 Å². The number of anilines is 1. The van der Waals surface area contributed by atoms with Crippen LogP contribution in [0.15, 0.2) is 47.4 Å². The summed E-state index contributed by atoms with van der Waals surface area (Å²) in [4.78, 5) is 23.6. The maximum absolute atomic E-state index is 12.7. The summed E-state index contributed by atoms with van der Waals surface area (Å²) >= 11 is 5.88. The Bertz CT molecular complexity index is 975. The van der Waals surface area contributed by atoms with Crippen molar-refractivity contribution in [3.05, 3.63) is 58.6 Å². The summed E-state index contributed by atoms with van der Waals surface area (Å²) in [6.07, 6.45) is -1.01. The fraction of sp³-hybridized carbons (Fsp3) is 0.222. The highest BCUT2D eigenvalue weighted by atomic mass is 35.5. The first-order chi connectivity index (χ1) is 12.6. The summed E-state index contributed by atoms with van der Waals surface area (Å²) in [7, 11) is -2.54. The number of amides is 1. The van der Waals surface area contributed by atoms with E-state index in [-0.39, 0.29) is 10.5 Å². The molecule has 0 aliphatic carbocycles. The van der Waals surface area contributed by atoms with Crippen molar-refractivity contribution >= 4 is 39.2 Å². The quantitative estimate of drug-likeness (QED) is 0.713. The van der Waals surface area contributed by atoms with Crippen LogP contribution in [0.1, 0.15) is 22.8 Å². The van der Waals surface area contributed by atoms with E-state index in [1.165, 1.54) is 38.2 Å². The van der Waals surface area contributed by atoms with Crippen molar-refractivity contribution in [2.75, 3.05) is 11.8 Å². The van der Waals surface area contributed by atoms with Gasteiger partial charge in [-0.05, 0) is 49.7 Å². The lowest BCUT2D eigenvalue weighted by molar-refractivity contribution is -0.128. The second kappa shape index (κ2) is 8.41. The van der Waals surface area contributed by atoms with Gasteiger partial charge in [0.1, 0.15) is 0 Å². The van der Waals surface area contributed by atoms with E-state index >= 15 is 0 Å². The molecule has 7 nitrogen and oxygen atoms in total. The first-order valence-electron chi connectivity index (χ1n) is 7.95. The van der Waals surface area contributed by atoms with Crippen molar-refractivity contribution in [3.8, 4) is 0 Å². The van der Waals surface area contributed by atoms with Crippen LogP contribution < -0.4 is 10.0 Å². The Balaban J connectivity index is 2.30. The van der Waals surface area contributed by atoms with E-state index in [1.807, 2.05) is 0 Å². The van der Waals surface area contributed by atoms with Gasteiger partial charge in [0.05, 0.1) is 16.1 Å². The van der Waals surface area contributed by atoms with Gasteiger partial charge in [-0.25, -0.2) is 13.2 Å². The minimum atomic E-state index is -3.96. The third-order valence-electron chi connectivity index (χ3n) is 3.69. The molecule has 0 aliphatic rings. The normalized spacial score (nSPS) is 12.1. The van der Waals surface area contributed by atoms with Gasteiger partial charge >= 0.3 is 5.97 Å². The van der Waals surface area contributed by atoms with Gasteiger partial charge in [0, 0.05) is 12.1 Å². The molecule has 0 aromatic heterocycles. The van der Waals surface area contributed by atoms with Gasteiger partial charge in [0.25, 0.3) is 15.9 Å². The Hall–Kier alpha value is -2.58. The van der Waals surface area contributed by atoms with Gasteiger partial charge in [-0.1, -0.05) is 23.7 Å². The molecular formula is C18H19ClN2O5S. The van der Waals surface area contributed by atoms with E-state index in [2.05, 4.69) is 10.0 Å². The lowest BCUT2D eigenvalue weighted by atomic mass is 10.1. The van der Waals surface area contributed by atoms with E-state index in [1.54, 1.807) is 25.1 Å². The van der Waals surface area contributed by atoms with Crippen LogP contribution in [-0.2, 0) is 19.6 Å². The fourth-order valence-electron chi connectivity index (χ4n) is 2.26. The third kappa shape index (κ3) is 5.21. The van der Waals surface area contributed by atoms with Gasteiger partial charge in [0.15, 0.2) is 6.10 Å². The molecule has 0 saturated carbocycles. The minimum Gasteiger partial charge on any atom is -0.449 e. The highest BCUT2D eigenvalue weighted by Gasteiger charge is 2.22. The molecule has 0 bridgehead atoms. The van der Waals surface area contributed by atoms with Crippen molar-refractivity contribution < 1.29 is 22.7 Å². The maximum Gasteiger partial charge on any atom is 0.338 e. The van der Waals surface area contributed by atoms with Crippen molar-refractivity contribution in [2.45, 2.75) is 24.8 Å². The average molecular weight is 411 g/mol. The molecule has 0 spiro atoms.